The van der Waals surface area contributed by atoms with Crippen LogP contribution in [0.2, 0.25) is 10.0 Å². The van der Waals surface area contributed by atoms with Gasteiger partial charge in [0.15, 0.2) is 23.2 Å². The van der Waals surface area contributed by atoms with Gasteiger partial charge in [-0.2, -0.15) is 0 Å². The number of carbonyl (C=O) groups is 4. The summed E-state index contributed by atoms with van der Waals surface area (Å²) in [5.74, 6) is -4.59. The first kappa shape index (κ1) is 48.4. The van der Waals surface area contributed by atoms with Crippen LogP contribution in [0.1, 0.15) is 85.0 Å². The highest BCUT2D eigenvalue weighted by atomic mass is 35.5. The van der Waals surface area contributed by atoms with Crippen molar-refractivity contribution < 1.29 is 43.6 Å². The van der Waals surface area contributed by atoms with Crippen molar-refractivity contribution in [3.63, 3.8) is 0 Å². The van der Waals surface area contributed by atoms with E-state index in [0.29, 0.717) is 24.0 Å². The van der Waals surface area contributed by atoms with Crippen LogP contribution < -0.4 is 5.32 Å². The molecule has 318 valence electrons. The van der Waals surface area contributed by atoms with Crippen molar-refractivity contribution in [2.45, 2.75) is 116 Å². The van der Waals surface area contributed by atoms with E-state index in [4.69, 9.17) is 37.4 Å². The molecule has 0 spiro atoms. The molecule has 58 heavy (non-hydrogen) atoms. The number of rotatable bonds is 22. The van der Waals surface area contributed by atoms with Gasteiger partial charge in [-0.25, -0.2) is 4.79 Å². The number of ether oxygens (including phenoxy) is 3. The highest BCUT2D eigenvalue weighted by Gasteiger charge is 2.61. The number of epoxide rings is 1. The molecule has 1 fully saturated rings. The Hall–Kier alpha value is -4.00. The zero-order valence-electron chi connectivity index (χ0n) is 35.1. The summed E-state index contributed by atoms with van der Waals surface area (Å²) in [6, 6.07) is 9.39. The number of esters is 1. The lowest BCUT2D eigenvalue weighted by atomic mass is 9.85. The van der Waals surface area contributed by atoms with Crippen molar-refractivity contribution in [3.8, 4) is 5.75 Å². The van der Waals surface area contributed by atoms with E-state index >= 15 is 0 Å². The summed E-state index contributed by atoms with van der Waals surface area (Å²) in [6.07, 6.45) is 4.05. The summed E-state index contributed by atoms with van der Waals surface area (Å²) >= 11 is 12.5. The van der Waals surface area contributed by atoms with E-state index in [1.54, 1.807) is 57.5 Å². The third kappa shape index (κ3) is 12.0. The van der Waals surface area contributed by atoms with Gasteiger partial charge in [-0.15, -0.1) is 6.58 Å². The highest BCUT2D eigenvalue weighted by molar-refractivity contribution is 6.37. The third-order valence-corrected chi connectivity index (χ3v) is 11.6. The van der Waals surface area contributed by atoms with E-state index in [2.05, 4.69) is 18.5 Å². The van der Waals surface area contributed by atoms with Crippen LogP contribution in [0.25, 0.3) is 0 Å². The van der Waals surface area contributed by atoms with E-state index in [-0.39, 0.29) is 52.5 Å². The number of carbonyl (C=O) groups excluding carboxylic acids is 4. The van der Waals surface area contributed by atoms with E-state index < -0.39 is 59.1 Å². The van der Waals surface area contributed by atoms with Crippen molar-refractivity contribution in [1.82, 2.24) is 10.2 Å². The quantitative estimate of drug-likeness (QED) is 0.0467. The number of likely N-dealkylation sites (N-methyl/N-ethyl adjacent to an activating group) is 1. The Bertz CT molecular complexity index is 1800. The molecule has 13 heteroatoms. The van der Waals surface area contributed by atoms with Gasteiger partial charge in [0, 0.05) is 38.8 Å². The number of benzene rings is 2. The summed E-state index contributed by atoms with van der Waals surface area (Å²) in [7, 11) is 3.14. The molecule has 2 aromatic carbocycles. The smallest absolute Gasteiger partial charge is 0.332 e. The number of amides is 2. The predicted octanol–water partition coefficient (Wildman–Crippen LogP) is 7.75. The standard InChI is InChI=1S/C45H60Cl2N2O9/c1-12-18-28(6)35(56-11)25-36-45(9,58-36)43(54)49(10)37(26(4)13-2)34(50)24-31(21-29-22-32(46)38(51)33(47)23-29)41(52)48-40(44(7,8)55)42(53)57-39(27(5)14-3)30-19-16-15-17-20-30/h12,14-20,22-23,26-27,31,35-37,39-40,51,55H,1,3,13,21,24-25H2,2,4-11H3,(H,48,52)/b28-18+/t26-,27+,31-,35+,36-,37-,39-,40+,45+/m0/s1. The van der Waals surface area contributed by atoms with Gasteiger partial charge in [0.05, 0.1) is 33.9 Å². The molecule has 3 rings (SSSR count). The predicted molar refractivity (Wildman–Crippen MR) is 226 cm³/mol. The highest BCUT2D eigenvalue weighted by Crippen LogP contribution is 2.43. The van der Waals surface area contributed by atoms with Crippen LogP contribution in [0.3, 0.4) is 0 Å². The van der Waals surface area contributed by atoms with Gasteiger partial charge in [-0.05, 0) is 68.9 Å². The van der Waals surface area contributed by atoms with Crippen LogP contribution in [0.4, 0.5) is 0 Å². The molecule has 0 aromatic heterocycles. The Labute approximate surface area is 353 Å². The molecule has 2 amide bonds. The van der Waals surface area contributed by atoms with Crippen LogP contribution >= 0.6 is 23.2 Å². The number of aromatic hydroxyl groups is 1. The molecule has 1 saturated heterocycles. The molecule has 0 bridgehead atoms. The maximum Gasteiger partial charge on any atom is 0.332 e. The zero-order chi connectivity index (χ0) is 43.7. The summed E-state index contributed by atoms with van der Waals surface area (Å²) in [6.45, 7) is 19.5. The number of hydrogen-bond donors (Lipinski definition) is 3. The van der Waals surface area contributed by atoms with Gasteiger partial charge in [0.2, 0.25) is 5.91 Å². The molecule has 3 N–H and O–H groups in total. The Balaban J connectivity index is 1.97. The van der Waals surface area contributed by atoms with Crippen molar-refractivity contribution in [2.75, 3.05) is 14.2 Å². The molecular formula is C45H60Cl2N2O9. The van der Waals surface area contributed by atoms with Gasteiger partial charge in [0.1, 0.15) is 6.10 Å². The normalized spacial score (nSPS) is 20.3. The van der Waals surface area contributed by atoms with E-state index in [1.807, 2.05) is 39.8 Å². The Morgan fingerprint density at radius 1 is 1.10 bits per heavy atom. The molecule has 0 unspecified atom stereocenters. The number of ketones is 1. The fourth-order valence-electron chi connectivity index (χ4n) is 7.16. The second-order valence-electron chi connectivity index (χ2n) is 16.0. The van der Waals surface area contributed by atoms with Crippen LogP contribution in [-0.4, -0.2) is 88.3 Å². The minimum absolute atomic E-state index is 0.0600. The number of Topliss-reactive ketones (excluding diaryl/α,β-unsaturated/α-hetero) is 1. The molecule has 9 atom stereocenters. The lowest BCUT2D eigenvalue weighted by Gasteiger charge is -2.34. The number of methoxy groups -OCH3 is 1. The number of nitrogens with zero attached hydrogens (tertiary/aromatic N) is 1. The number of phenolic OH excluding ortho intramolecular Hbond substituents is 1. The monoisotopic (exact) mass is 842 g/mol. The number of aliphatic hydroxyl groups is 1. The minimum atomic E-state index is -1.81. The summed E-state index contributed by atoms with van der Waals surface area (Å²) in [4.78, 5) is 58.4. The molecule has 0 saturated carbocycles. The Morgan fingerprint density at radius 3 is 2.22 bits per heavy atom. The van der Waals surface area contributed by atoms with E-state index in [1.165, 1.54) is 30.9 Å². The maximum atomic E-state index is 14.5. The SMILES string of the molecule is C=C/C=C(\C)[C@@H](C[C@@H]1O[C@@]1(C)C(=O)N(C)[C@H](C(=O)C[C@H](Cc1cc(Cl)c(O)c(Cl)c1)C(=O)N[C@H](C(=O)O[C@H](c1ccccc1)[C@H](C)C=C)C(C)(C)O)[C@@H](C)CC)OC. The molecule has 11 nitrogen and oxygen atoms in total. The van der Waals surface area contributed by atoms with E-state index in [9.17, 15) is 29.4 Å². The van der Waals surface area contributed by atoms with Gasteiger partial charge in [-0.1, -0.05) is 106 Å². The minimum Gasteiger partial charge on any atom is -0.505 e. The van der Waals surface area contributed by atoms with Crippen molar-refractivity contribution in [3.05, 3.63) is 101 Å². The first-order valence-electron chi connectivity index (χ1n) is 19.5. The van der Waals surface area contributed by atoms with Crippen LogP contribution in [0.15, 0.2) is 79.4 Å². The maximum absolute atomic E-state index is 14.5. The lowest BCUT2D eigenvalue weighted by Crippen LogP contribution is -2.57. The molecule has 1 aliphatic rings. The Morgan fingerprint density at radius 2 is 1.71 bits per heavy atom. The average molecular weight is 844 g/mol. The molecule has 0 aliphatic carbocycles. The number of halogens is 2. The van der Waals surface area contributed by atoms with Gasteiger partial charge in [0.25, 0.3) is 5.91 Å². The molecule has 1 aliphatic heterocycles. The number of phenols is 1. The van der Waals surface area contributed by atoms with Crippen molar-refractivity contribution in [2.24, 2.45) is 17.8 Å². The number of hydrogen-bond acceptors (Lipinski definition) is 9. The first-order valence-corrected chi connectivity index (χ1v) is 20.3. The van der Waals surface area contributed by atoms with Crippen LogP contribution in [-0.2, 0) is 39.8 Å². The summed E-state index contributed by atoms with van der Waals surface area (Å²) in [5, 5.41) is 24.0. The second kappa shape index (κ2) is 20.8. The second-order valence-corrected chi connectivity index (χ2v) is 16.8. The summed E-state index contributed by atoms with van der Waals surface area (Å²) in [5.41, 5.74) is -0.977. The topological polar surface area (TPSA) is 155 Å². The van der Waals surface area contributed by atoms with Gasteiger partial charge >= 0.3 is 5.97 Å². The van der Waals surface area contributed by atoms with Gasteiger partial charge < -0.3 is 34.6 Å². The van der Waals surface area contributed by atoms with Crippen molar-refractivity contribution in [1.29, 1.82) is 0 Å². The number of allylic oxidation sites excluding steroid dienone is 2. The average Bonchev–Trinajstić information content (AvgIpc) is 3.85. The van der Waals surface area contributed by atoms with Crippen LogP contribution in [0, 0.1) is 17.8 Å². The molecule has 0 radical (unpaired) electrons. The largest absolute Gasteiger partial charge is 0.505 e. The zero-order valence-corrected chi connectivity index (χ0v) is 36.6. The number of nitrogens with one attached hydrogen (secondary N) is 1. The van der Waals surface area contributed by atoms with Crippen molar-refractivity contribution >= 4 is 46.8 Å². The summed E-state index contributed by atoms with van der Waals surface area (Å²) < 4.78 is 17.6. The fourth-order valence-corrected chi connectivity index (χ4v) is 7.69. The first-order chi connectivity index (χ1) is 27.1. The lowest BCUT2D eigenvalue weighted by molar-refractivity contribution is -0.162. The molecule has 1 heterocycles. The van der Waals surface area contributed by atoms with Crippen LogP contribution in [0.5, 0.6) is 5.75 Å². The fraction of sp³-hybridized carbons (Fsp3) is 0.511. The van der Waals surface area contributed by atoms with Gasteiger partial charge in [-0.3, -0.25) is 14.4 Å². The van der Waals surface area contributed by atoms with E-state index in [0.717, 1.165) is 5.57 Å². The Kier molecular flexibility index (Phi) is 17.3. The third-order valence-electron chi connectivity index (χ3n) is 11.0. The molecular weight excluding hydrogens is 783 g/mol. The molecule has 2 aromatic rings.